The van der Waals surface area contributed by atoms with Crippen LogP contribution >= 0.6 is 0 Å². The second kappa shape index (κ2) is 9.61. The molecule has 0 bridgehead atoms. The van der Waals surface area contributed by atoms with E-state index in [0.29, 0.717) is 12.2 Å². The first-order chi connectivity index (χ1) is 14.7. The Hall–Kier alpha value is -3.39. The summed E-state index contributed by atoms with van der Waals surface area (Å²) in [7, 11) is -3.99. The number of anilines is 1. The van der Waals surface area contributed by atoms with Gasteiger partial charge >= 0.3 is 0 Å². The molecule has 1 amide bonds. The number of carbonyl (C=O) groups is 1. The fraction of sp³-hybridized carbons (Fsp3) is 0.174. The summed E-state index contributed by atoms with van der Waals surface area (Å²) in [5, 5.41) is 2.73. The Morgan fingerprint density at radius 1 is 1.00 bits per heavy atom. The molecule has 0 saturated heterocycles. The van der Waals surface area contributed by atoms with Crippen LogP contribution in [0.4, 0.5) is 10.1 Å². The zero-order valence-corrected chi connectivity index (χ0v) is 18.0. The smallest absolute Gasteiger partial charge is 0.261 e. The number of amides is 1. The molecule has 3 aromatic carbocycles. The van der Waals surface area contributed by atoms with Gasteiger partial charge in [0.1, 0.15) is 18.2 Å². The summed E-state index contributed by atoms with van der Waals surface area (Å²) in [5.41, 5.74) is 1.91. The van der Waals surface area contributed by atoms with Crippen molar-refractivity contribution < 1.29 is 22.3 Å². The average Bonchev–Trinajstić information content (AvgIpc) is 2.73. The van der Waals surface area contributed by atoms with E-state index in [1.54, 1.807) is 19.1 Å². The van der Waals surface area contributed by atoms with Gasteiger partial charge in [-0.05, 0) is 67.4 Å². The monoisotopic (exact) mass is 442 g/mol. The Labute approximate surface area is 181 Å². The van der Waals surface area contributed by atoms with Crippen LogP contribution in [-0.4, -0.2) is 27.5 Å². The molecule has 31 heavy (non-hydrogen) atoms. The molecule has 0 fully saturated rings. The quantitative estimate of drug-likeness (QED) is 0.516. The second-order valence-electron chi connectivity index (χ2n) is 7.02. The van der Waals surface area contributed by atoms with E-state index in [-0.39, 0.29) is 28.6 Å². The van der Waals surface area contributed by atoms with Gasteiger partial charge in [-0.1, -0.05) is 24.3 Å². The van der Waals surface area contributed by atoms with Crippen molar-refractivity contribution in [2.24, 2.45) is 0 Å². The van der Waals surface area contributed by atoms with Gasteiger partial charge in [0, 0.05) is 11.3 Å². The Morgan fingerprint density at radius 3 is 2.52 bits per heavy atom. The van der Waals surface area contributed by atoms with Crippen LogP contribution in [0.3, 0.4) is 0 Å². The first-order valence-electron chi connectivity index (χ1n) is 9.61. The first kappa shape index (κ1) is 22.3. The Bertz CT molecular complexity index is 1200. The number of halogens is 1. The van der Waals surface area contributed by atoms with E-state index in [9.17, 15) is 17.6 Å². The van der Waals surface area contributed by atoms with Crippen molar-refractivity contribution in [3.63, 3.8) is 0 Å². The molecule has 0 saturated carbocycles. The van der Waals surface area contributed by atoms with Crippen LogP contribution in [0.2, 0.25) is 0 Å². The van der Waals surface area contributed by atoms with Crippen LogP contribution in [0.25, 0.3) is 0 Å². The zero-order valence-electron chi connectivity index (χ0n) is 17.2. The van der Waals surface area contributed by atoms with E-state index in [1.807, 2.05) is 31.2 Å². The topological polar surface area (TPSA) is 84.5 Å². The van der Waals surface area contributed by atoms with E-state index in [4.69, 9.17) is 4.74 Å². The molecule has 0 heterocycles. The minimum Gasteiger partial charge on any atom is -0.492 e. The molecule has 0 atom stereocenters. The summed E-state index contributed by atoms with van der Waals surface area (Å²) in [6, 6.07) is 17.3. The minimum atomic E-state index is -3.99. The number of hydrogen-bond acceptors (Lipinski definition) is 4. The van der Waals surface area contributed by atoms with Gasteiger partial charge in [-0.25, -0.2) is 12.8 Å². The molecule has 0 unspecified atom stereocenters. The molecule has 0 radical (unpaired) electrons. The van der Waals surface area contributed by atoms with Gasteiger partial charge in [0.15, 0.2) is 0 Å². The highest BCUT2D eigenvalue weighted by molar-refractivity contribution is 7.92. The number of sulfonamides is 1. The molecular weight excluding hydrogens is 419 g/mol. The summed E-state index contributed by atoms with van der Waals surface area (Å²) in [6.45, 7) is 4.09. The first-order valence-corrected chi connectivity index (χ1v) is 11.1. The molecule has 2 N–H and O–H groups in total. The largest absolute Gasteiger partial charge is 0.492 e. The molecule has 162 valence electrons. The number of rotatable bonds is 8. The fourth-order valence-corrected chi connectivity index (χ4v) is 3.88. The van der Waals surface area contributed by atoms with Crippen molar-refractivity contribution >= 4 is 21.6 Å². The number of aryl methyl sites for hydroxylation is 2. The SMILES string of the molecule is Cc1cccc(OCCNC(=O)c2cccc(NS(=O)(=O)c3ccc(C)c(F)c3)c2)c1. The summed E-state index contributed by atoms with van der Waals surface area (Å²) in [5.74, 6) is -0.252. The van der Waals surface area contributed by atoms with Gasteiger partial charge in [0.05, 0.1) is 11.4 Å². The van der Waals surface area contributed by atoms with E-state index in [1.165, 1.54) is 24.3 Å². The van der Waals surface area contributed by atoms with Gasteiger partial charge in [0.25, 0.3) is 15.9 Å². The highest BCUT2D eigenvalue weighted by Gasteiger charge is 2.16. The molecule has 0 spiro atoms. The van der Waals surface area contributed by atoms with Crippen molar-refractivity contribution in [2.75, 3.05) is 17.9 Å². The van der Waals surface area contributed by atoms with Crippen molar-refractivity contribution in [1.29, 1.82) is 0 Å². The van der Waals surface area contributed by atoms with Gasteiger partial charge in [-0.15, -0.1) is 0 Å². The third-order valence-electron chi connectivity index (χ3n) is 4.48. The van der Waals surface area contributed by atoms with E-state index < -0.39 is 15.8 Å². The molecule has 3 aromatic rings. The fourth-order valence-electron chi connectivity index (χ4n) is 2.82. The van der Waals surface area contributed by atoms with Crippen LogP contribution in [0.1, 0.15) is 21.5 Å². The number of benzene rings is 3. The third kappa shape index (κ3) is 6.05. The summed E-state index contributed by atoms with van der Waals surface area (Å²) < 4.78 is 46.7. The number of carbonyl (C=O) groups excluding carboxylic acids is 1. The van der Waals surface area contributed by atoms with E-state index in [2.05, 4.69) is 10.0 Å². The van der Waals surface area contributed by atoms with E-state index >= 15 is 0 Å². The molecule has 0 aromatic heterocycles. The predicted octanol–water partition coefficient (Wildman–Crippen LogP) is 4.05. The van der Waals surface area contributed by atoms with Crippen LogP contribution in [0, 0.1) is 19.7 Å². The zero-order chi connectivity index (χ0) is 22.4. The summed E-state index contributed by atoms with van der Waals surface area (Å²) in [6.07, 6.45) is 0. The molecule has 8 heteroatoms. The molecular formula is C23H23FN2O4S. The summed E-state index contributed by atoms with van der Waals surface area (Å²) >= 11 is 0. The van der Waals surface area contributed by atoms with Crippen LogP contribution in [-0.2, 0) is 10.0 Å². The lowest BCUT2D eigenvalue weighted by atomic mass is 10.2. The minimum absolute atomic E-state index is 0.196. The third-order valence-corrected chi connectivity index (χ3v) is 5.86. The van der Waals surface area contributed by atoms with Gasteiger partial charge < -0.3 is 10.1 Å². The van der Waals surface area contributed by atoms with Gasteiger partial charge in [0.2, 0.25) is 0 Å². The predicted molar refractivity (Wildman–Crippen MR) is 117 cm³/mol. The lowest BCUT2D eigenvalue weighted by molar-refractivity contribution is 0.0947. The molecule has 0 aliphatic rings. The molecule has 3 rings (SSSR count). The number of hydrogen-bond donors (Lipinski definition) is 2. The Kier molecular flexibility index (Phi) is 6.91. The highest BCUT2D eigenvalue weighted by atomic mass is 32.2. The lowest BCUT2D eigenvalue weighted by Crippen LogP contribution is -2.28. The Balaban J connectivity index is 1.60. The van der Waals surface area contributed by atoms with Crippen LogP contribution < -0.4 is 14.8 Å². The molecule has 0 aliphatic heterocycles. The number of nitrogens with one attached hydrogen (secondary N) is 2. The van der Waals surface area contributed by atoms with Crippen molar-refractivity contribution in [1.82, 2.24) is 5.32 Å². The highest BCUT2D eigenvalue weighted by Crippen LogP contribution is 2.19. The lowest BCUT2D eigenvalue weighted by Gasteiger charge is -2.11. The Morgan fingerprint density at radius 2 is 1.77 bits per heavy atom. The maximum absolute atomic E-state index is 13.7. The van der Waals surface area contributed by atoms with Crippen molar-refractivity contribution in [2.45, 2.75) is 18.7 Å². The maximum atomic E-state index is 13.7. The van der Waals surface area contributed by atoms with Crippen LogP contribution in [0.5, 0.6) is 5.75 Å². The normalized spacial score (nSPS) is 11.1. The average molecular weight is 443 g/mol. The van der Waals surface area contributed by atoms with Crippen molar-refractivity contribution in [3.8, 4) is 5.75 Å². The van der Waals surface area contributed by atoms with Crippen LogP contribution in [0.15, 0.2) is 71.6 Å². The second-order valence-corrected chi connectivity index (χ2v) is 8.70. The molecule has 0 aliphatic carbocycles. The van der Waals surface area contributed by atoms with E-state index in [0.717, 1.165) is 17.4 Å². The number of ether oxygens (including phenoxy) is 1. The van der Waals surface area contributed by atoms with Gasteiger partial charge in [-0.3, -0.25) is 9.52 Å². The van der Waals surface area contributed by atoms with Crippen molar-refractivity contribution in [3.05, 3.63) is 89.2 Å². The molecule has 6 nitrogen and oxygen atoms in total. The standard InChI is InChI=1S/C23H23FN2O4S/c1-16-5-3-8-20(13-16)30-12-11-25-23(27)18-6-4-7-19(14-18)26-31(28,29)21-10-9-17(2)22(24)15-21/h3-10,13-15,26H,11-12H2,1-2H3,(H,25,27). The van der Waals surface area contributed by atoms with Gasteiger partial charge in [-0.2, -0.15) is 0 Å². The summed E-state index contributed by atoms with van der Waals surface area (Å²) in [4.78, 5) is 12.2. The maximum Gasteiger partial charge on any atom is 0.261 e.